The van der Waals surface area contributed by atoms with Crippen molar-refractivity contribution >= 4 is 28.2 Å². The summed E-state index contributed by atoms with van der Waals surface area (Å²) in [5.74, 6) is 4.52. The predicted molar refractivity (Wildman–Crippen MR) is 94.3 cm³/mol. The number of piperidine rings is 2. The van der Waals surface area contributed by atoms with Gasteiger partial charge in [0, 0.05) is 19.0 Å². The highest BCUT2D eigenvalue weighted by Gasteiger charge is 2.50. The second kappa shape index (κ2) is 7.91. The van der Waals surface area contributed by atoms with E-state index >= 15 is 0 Å². The Morgan fingerprint density at radius 2 is 2.00 bits per heavy atom. The Balaban J connectivity index is 1.64. The van der Waals surface area contributed by atoms with Crippen LogP contribution in [0.15, 0.2) is 0 Å². The van der Waals surface area contributed by atoms with Crippen LogP contribution in [0.1, 0.15) is 38.5 Å². The van der Waals surface area contributed by atoms with E-state index in [4.69, 9.17) is 10.4 Å². The average molecular weight is 419 g/mol. The van der Waals surface area contributed by atoms with Crippen molar-refractivity contribution in [1.29, 1.82) is 0 Å². The quantitative estimate of drug-likeness (QED) is 0.249. The summed E-state index contributed by atoms with van der Waals surface area (Å²) in [6, 6.07) is -2.46. The lowest BCUT2D eigenvalue weighted by molar-refractivity contribution is -0.149. The maximum Gasteiger partial charge on any atom is 0.418 e. The number of carbonyl (C=O) groups excluding carboxylic acids is 3. The van der Waals surface area contributed by atoms with Crippen molar-refractivity contribution in [3.8, 4) is 0 Å². The van der Waals surface area contributed by atoms with Gasteiger partial charge < -0.3 is 9.80 Å². The van der Waals surface area contributed by atoms with Gasteiger partial charge in [0.1, 0.15) is 6.04 Å². The first-order chi connectivity index (χ1) is 13.1. The standard InChI is InChI=1S/C15H25N5O7S/c1-17-7-3-2-4-10(17)8-13(21)19(16)14(22)12-6-5-11-9-18(12)15(23)20(11)27-28(24,25)26/h10-12H,2-9,16H2,1H3,(H,24,25,26). The zero-order valence-electron chi connectivity index (χ0n) is 15.6. The number of hydrogen-bond donors (Lipinski definition) is 2. The van der Waals surface area contributed by atoms with Crippen LogP contribution in [0.25, 0.3) is 0 Å². The van der Waals surface area contributed by atoms with Gasteiger partial charge in [-0.1, -0.05) is 6.42 Å². The molecule has 4 amide bonds. The van der Waals surface area contributed by atoms with Gasteiger partial charge >= 0.3 is 16.4 Å². The van der Waals surface area contributed by atoms with E-state index in [1.54, 1.807) is 0 Å². The molecular formula is C15H25N5O7S. The lowest BCUT2D eigenvalue weighted by atomic mass is 9.98. The summed E-state index contributed by atoms with van der Waals surface area (Å²) in [5, 5.41) is 1.11. The second-order valence-electron chi connectivity index (χ2n) is 7.45. The average Bonchev–Trinajstić information content (AvgIpc) is 2.86. The van der Waals surface area contributed by atoms with E-state index in [9.17, 15) is 22.8 Å². The Kier molecular flexibility index (Phi) is 5.91. The molecule has 2 bridgehead atoms. The van der Waals surface area contributed by atoms with Gasteiger partial charge in [0.05, 0.1) is 6.04 Å². The van der Waals surface area contributed by atoms with Crippen molar-refractivity contribution < 1.29 is 31.6 Å². The number of imide groups is 1. The topological polar surface area (TPSA) is 154 Å². The van der Waals surface area contributed by atoms with Gasteiger partial charge in [-0.2, -0.15) is 13.5 Å². The van der Waals surface area contributed by atoms with E-state index in [1.807, 2.05) is 7.05 Å². The fraction of sp³-hybridized carbons (Fsp3) is 0.800. The Labute approximate surface area is 163 Å². The summed E-state index contributed by atoms with van der Waals surface area (Å²) in [6.07, 6.45) is 3.50. The van der Waals surface area contributed by atoms with E-state index in [-0.39, 0.29) is 31.8 Å². The molecule has 158 valence electrons. The molecule has 0 spiro atoms. The number of nitrogens with zero attached hydrogens (tertiary/aromatic N) is 4. The number of hydrazine groups is 1. The zero-order chi connectivity index (χ0) is 20.6. The molecule has 13 heteroatoms. The monoisotopic (exact) mass is 419 g/mol. The molecule has 3 aliphatic heterocycles. The van der Waals surface area contributed by atoms with Crippen molar-refractivity contribution in [3.05, 3.63) is 0 Å². The maximum atomic E-state index is 12.7. The van der Waals surface area contributed by atoms with Crippen molar-refractivity contribution in [2.45, 2.75) is 56.7 Å². The molecule has 12 nitrogen and oxygen atoms in total. The van der Waals surface area contributed by atoms with E-state index < -0.39 is 40.3 Å². The van der Waals surface area contributed by atoms with E-state index in [2.05, 4.69) is 9.18 Å². The summed E-state index contributed by atoms with van der Waals surface area (Å²) in [5.41, 5.74) is 0. The smallest absolute Gasteiger partial charge is 0.309 e. The molecule has 3 saturated heterocycles. The van der Waals surface area contributed by atoms with E-state index in [1.165, 1.54) is 0 Å². The lowest BCUT2D eigenvalue weighted by Gasteiger charge is -2.34. The highest BCUT2D eigenvalue weighted by molar-refractivity contribution is 7.80. The molecule has 3 aliphatic rings. The minimum atomic E-state index is -4.87. The molecule has 0 saturated carbocycles. The van der Waals surface area contributed by atoms with Gasteiger partial charge in [-0.25, -0.2) is 15.6 Å². The number of rotatable bonds is 5. The van der Waals surface area contributed by atoms with Crippen LogP contribution in [-0.2, 0) is 24.3 Å². The molecule has 0 aromatic rings. The molecule has 0 aromatic carbocycles. The highest BCUT2D eigenvalue weighted by atomic mass is 32.3. The van der Waals surface area contributed by atoms with Crippen LogP contribution in [0.3, 0.4) is 0 Å². The molecule has 3 atom stereocenters. The number of hydroxylamine groups is 2. The molecule has 3 fully saturated rings. The molecule has 3 rings (SSSR count). The second-order valence-corrected chi connectivity index (χ2v) is 8.45. The minimum Gasteiger partial charge on any atom is -0.309 e. The van der Waals surface area contributed by atoms with Crippen LogP contribution in [0, 0.1) is 0 Å². The van der Waals surface area contributed by atoms with Gasteiger partial charge in [-0.15, -0.1) is 4.28 Å². The minimum absolute atomic E-state index is 0.0166. The highest BCUT2D eigenvalue weighted by Crippen LogP contribution is 2.31. The molecule has 0 aliphatic carbocycles. The van der Waals surface area contributed by atoms with Crippen LogP contribution >= 0.6 is 0 Å². The maximum absolute atomic E-state index is 12.7. The third kappa shape index (κ3) is 4.27. The van der Waals surface area contributed by atoms with Gasteiger partial charge in [0.2, 0.25) is 5.91 Å². The summed E-state index contributed by atoms with van der Waals surface area (Å²) in [6.45, 7) is 0.921. The van der Waals surface area contributed by atoms with Crippen LogP contribution in [-0.4, -0.2) is 89.0 Å². The van der Waals surface area contributed by atoms with Gasteiger partial charge in [-0.05, 0) is 39.3 Å². The first kappa shape index (κ1) is 20.9. The fourth-order valence-corrected chi connectivity index (χ4v) is 4.46. The summed E-state index contributed by atoms with van der Waals surface area (Å²) >= 11 is 0. The lowest BCUT2D eigenvalue weighted by Crippen LogP contribution is -2.56. The first-order valence-electron chi connectivity index (χ1n) is 9.17. The summed E-state index contributed by atoms with van der Waals surface area (Å²) < 4.78 is 35.0. The van der Waals surface area contributed by atoms with E-state index in [0.29, 0.717) is 10.1 Å². The number of amides is 4. The molecule has 0 aromatic heterocycles. The number of urea groups is 1. The molecule has 3 heterocycles. The van der Waals surface area contributed by atoms with Crippen LogP contribution < -0.4 is 5.84 Å². The van der Waals surface area contributed by atoms with Crippen LogP contribution in [0.4, 0.5) is 4.79 Å². The number of fused-ring (bicyclic) bond motifs is 2. The molecule has 0 radical (unpaired) electrons. The molecular weight excluding hydrogens is 394 g/mol. The number of likely N-dealkylation sites (tertiary alicyclic amines) is 1. The Bertz CT molecular complexity index is 760. The van der Waals surface area contributed by atoms with Gasteiger partial charge in [0.25, 0.3) is 5.91 Å². The third-order valence-corrected chi connectivity index (χ3v) is 5.97. The van der Waals surface area contributed by atoms with Crippen molar-refractivity contribution in [2.24, 2.45) is 5.84 Å². The predicted octanol–water partition coefficient (Wildman–Crippen LogP) is -0.907. The van der Waals surface area contributed by atoms with Gasteiger partial charge in [-0.3, -0.25) is 14.1 Å². The molecule has 28 heavy (non-hydrogen) atoms. The fourth-order valence-electron chi connectivity index (χ4n) is 4.07. The third-order valence-electron chi connectivity index (χ3n) is 5.62. The van der Waals surface area contributed by atoms with Crippen molar-refractivity contribution in [1.82, 2.24) is 19.9 Å². The summed E-state index contributed by atoms with van der Waals surface area (Å²) in [7, 11) is -2.94. The molecule has 3 unspecified atom stereocenters. The Morgan fingerprint density at radius 1 is 1.29 bits per heavy atom. The normalized spacial score (nSPS) is 28.5. The largest absolute Gasteiger partial charge is 0.418 e. The van der Waals surface area contributed by atoms with Crippen molar-refractivity contribution in [3.63, 3.8) is 0 Å². The van der Waals surface area contributed by atoms with Crippen LogP contribution in [0.5, 0.6) is 0 Å². The number of nitrogens with two attached hydrogens (primary N) is 1. The SMILES string of the molecule is CN1CCCCC1CC(=O)N(N)C(=O)C1CCC2CN1C(=O)N2OS(=O)(=O)O. The number of hydrogen-bond acceptors (Lipinski definition) is 8. The first-order valence-corrected chi connectivity index (χ1v) is 10.5. The van der Waals surface area contributed by atoms with Gasteiger partial charge in [0.15, 0.2) is 0 Å². The van der Waals surface area contributed by atoms with Crippen molar-refractivity contribution in [2.75, 3.05) is 20.1 Å². The Hall–Kier alpha value is -1.80. The summed E-state index contributed by atoms with van der Waals surface area (Å²) in [4.78, 5) is 40.8. The molecule has 3 N–H and O–H groups in total. The van der Waals surface area contributed by atoms with Crippen LogP contribution in [0.2, 0.25) is 0 Å². The number of carbonyl (C=O) groups is 3. The Morgan fingerprint density at radius 3 is 2.64 bits per heavy atom. The van der Waals surface area contributed by atoms with E-state index in [0.717, 1.165) is 30.7 Å². The zero-order valence-corrected chi connectivity index (χ0v) is 16.4.